The molecule has 0 radical (unpaired) electrons. The quantitative estimate of drug-likeness (QED) is 0.282. The zero-order chi connectivity index (χ0) is 35.3. The second kappa shape index (κ2) is 15.3. The molecule has 3 aliphatic heterocycles. The number of ether oxygens (including phenoxy) is 1. The SMILES string of the molecule is C1CCC2C(C1)CC(C1CCC(N(C3CCC4C(C3)SC3CCCCC34)C3CCCC4C5CCC6OC7CCCCC7C6C5SC43)CC1)C1CCCCC21. The molecule has 4 heteroatoms. The molecule has 302 valence electrons. The van der Waals surface area contributed by atoms with Crippen molar-refractivity contribution in [1.29, 1.82) is 0 Å². The Morgan fingerprint density at radius 2 is 1.00 bits per heavy atom. The van der Waals surface area contributed by atoms with Gasteiger partial charge in [0.1, 0.15) is 0 Å². The molecule has 0 amide bonds. The zero-order valence-electron chi connectivity index (χ0n) is 34.3. The molecule has 0 N–H and O–H groups in total. The lowest BCUT2D eigenvalue weighted by molar-refractivity contribution is -0.0539. The Kier molecular flexibility index (Phi) is 10.3. The average Bonchev–Trinajstić information content (AvgIpc) is 3.92. The van der Waals surface area contributed by atoms with Crippen LogP contribution in [0.4, 0.5) is 0 Å². The number of nitrogens with zero attached hydrogens (tertiary/aromatic N) is 1. The highest BCUT2D eigenvalue weighted by Crippen LogP contribution is 2.64. The molecule has 3 heterocycles. The summed E-state index contributed by atoms with van der Waals surface area (Å²) in [5.41, 5.74) is 0. The molecule has 0 aromatic carbocycles. The molecule has 2 nitrogen and oxygen atoms in total. The molecule has 0 aromatic heterocycles. The fourth-order valence-corrected chi connectivity index (χ4v) is 23.6. The van der Waals surface area contributed by atoms with E-state index in [1.807, 2.05) is 0 Å². The van der Waals surface area contributed by atoms with Crippen molar-refractivity contribution in [3.8, 4) is 0 Å². The molecule has 0 spiro atoms. The Bertz CT molecular complexity index is 1320. The summed E-state index contributed by atoms with van der Waals surface area (Å²) in [7, 11) is 0. The van der Waals surface area contributed by atoms with E-state index < -0.39 is 0 Å². The van der Waals surface area contributed by atoms with E-state index in [1.165, 1.54) is 64.2 Å². The van der Waals surface area contributed by atoms with E-state index in [0.717, 1.165) is 110 Å². The van der Waals surface area contributed by atoms with Crippen LogP contribution in [0.2, 0.25) is 0 Å². The molecule has 12 rings (SSSR count). The summed E-state index contributed by atoms with van der Waals surface area (Å²) in [6.07, 6.45) is 45.9. The Balaban J connectivity index is 0.808. The molecule has 9 aliphatic carbocycles. The summed E-state index contributed by atoms with van der Waals surface area (Å²) in [6.45, 7) is 0. The zero-order valence-corrected chi connectivity index (χ0v) is 35.9. The predicted molar refractivity (Wildman–Crippen MR) is 228 cm³/mol. The molecule has 54 heavy (non-hydrogen) atoms. The summed E-state index contributed by atoms with van der Waals surface area (Å²) in [5, 5.41) is 3.86. The molecular weight excluding hydrogens is 695 g/mol. The first-order valence-corrected chi connectivity index (χ1v) is 27.4. The minimum absolute atomic E-state index is 0.613. The van der Waals surface area contributed by atoms with Crippen LogP contribution in [0.1, 0.15) is 186 Å². The van der Waals surface area contributed by atoms with E-state index in [0.29, 0.717) is 12.2 Å². The van der Waals surface area contributed by atoms with Crippen molar-refractivity contribution < 1.29 is 4.74 Å². The lowest BCUT2D eigenvalue weighted by Crippen LogP contribution is -2.58. The minimum Gasteiger partial charge on any atom is -0.374 e. The fourth-order valence-electron chi connectivity index (χ4n) is 19.0. The van der Waals surface area contributed by atoms with Crippen molar-refractivity contribution in [1.82, 2.24) is 4.90 Å². The molecule has 3 saturated heterocycles. The largest absolute Gasteiger partial charge is 0.374 e. The van der Waals surface area contributed by atoms with E-state index >= 15 is 0 Å². The van der Waals surface area contributed by atoms with Gasteiger partial charge in [0.2, 0.25) is 0 Å². The topological polar surface area (TPSA) is 12.5 Å². The monoisotopic (exact) mass is 774 g/mol. The highest BCUT2D eigenvalue weighted by Gasteiger charge is 2.61. The van der Waals surface area contributed by atoms with Gasteiger partial charge < -0.3 is 4.74 Å². The van der Waals surface area contributed by atoms with Crippen molar-refractivity contribution in [3.05, 3.63) is 0 Å². The van der Waals surface area contributed by atoms with Crippen molar-refractivity contribution in [2.75, 3.05) is 0 Å². The summed E-state index contributed by atoms with van der Waals surface area (Å²) >= 11 is 5.17. The third-order valence-corrected chi connectivity index (χ3v) is 24.7. The third kappa shape index (κ3) is 6.18. The molecule has 19 unspecified atom stereocenters. The van der Waals surface area contributed by atoms with Crippen LogP contribution in [0.15, 0.2) is 0 Å². The molecule has 0 aromatic rings. The van der Waals surface area contributed by atoms with E-state index in [4.69, 9.17) is 4.74 Å². The summed E-state index contributed by atoms with van der Waals surface area (Å²) in [4.78, 5) is 3.48. The van der Waals surface area contributed by atoms with Crippen LogP contribution in [-0.2, 0) is 4.74 Å². The van der Waals surface area contributed by atoms with Crippen LogP contribution >= 0.6 is 23.5 Å². The van der Waals surface area contributed by atoms with Gasteiger partial charge >= 0.3 is 0 Å². The Hall–Kier alpha value is 0.620. The Labute approximate surface area is 340 Å². The van der Waals surface area contributed by atoms with Gasteiger partial charge in [0.25, 0.3) is 0 Å². The predicted octanol–water partition coefficient (Wildman–Crippen LogP) is 13.0. The maximum atomic E-state index is 6.97. The molecule has 0 bridgehead atoms. The standard InChI is InChI=1S/C50H79NOS2/c1-2-11-34-31(10-1)28-42(36-13-4-3-12-35(34)36)30-20-22-32(23-21-30)51(33-24-25-38-37-14-6-8-19-46(37)53-47(38)29-33)43-17-9-16-39-40-26-27-45-48(50(40)54-49(39)43)41-15-5-7-18-44(41)52-45/h30-50H,1-29H2. The maximum absolute atomic E-state index is 6.97. The van der Waals surface area contributed by atoms with E-state index in [1.54, 1.807) is 122 Å². The normalized spacial score (nSPS) is 56.7. The first-order valence-electron chi connectivity index (χ1n) is 25.5. The van der Waals surface area contributed by atoms with Crippen LogP contribution in [-0.4, -0.2) is 56.2 Å². The van der Waals surface area contributed by atoms with Gasteiger partial charge in [0, 0.05) is 45.0 Å². The Morgan fingerprint density at radius 1 is 0.352 bits per heavy atom. The van der Waals surface area contributed by atoms with Gasteiger partial charge in [-0.25, -0.2) is 0 Å². The smallest absolute Gasteiger partial charge is 0.0621 e. The van der Waals surface area contributed by atoms with Crippen LogP contribution in [0, 0.1) is 71.0 Å². The van der Waals surface area contributed by atoms with Crippen molar-refractivity contribution in [2.45, 2.75) is 238 Å². The molecule has 12 aliphatic rings. The molecule has 12 fully saturated rings. The first kappa shape index (κ1) is 36.5. The second-order valence-corrected chi connectivity index (χ2v) is 25.6. The van der Waals surface area contributed by atoms with E-state index in [9.17, 15) is 0 Å². The fraction of sp³-hybridized carbons (Fsp3) is 1.00. The highest BCUT2D eigenvalue weighted by atomic mass is 32.2. The lowest BCUT2D eigenvalue weighted by Gasteiger charge is -2.56. The lowest BCUT2D eigenvalue weighted by atomic mass is 9.51. The Morgan fingerprint density at radius 3 is 1.87 bits per heavy atom. The van der Waals surface area contributed by atoms with Gasteiger partial charge in [-0.2, -0.15) is 23.5 Å². The van der Waals surface area contributed by atoms with Crippen molar-refractivity contribution >= 4 is 23.5 Å². The van der Waals surface area contributed by atoms with Crippen LogP contribution in [0.25, 0.3) is 0 Å². The van der Waals surface area contributed by atoms with Gasteiger partial charge in [0.15, 0.2) is 0 Å². The molecule has 19 atom stereocenters. The van der Waals surface area contributed by atoms with Gasteiger partial charge in [-0.1, -0.05) is 64.2 Å². The van der Waals surface area contributed by atoms with Gasteiger partial charge in [-0.3, -0.25) is 4.90 Å². The minimum atomic E-state index is 0.613. The summed E-state index contributed by atoms with van der Waals surface area (Å²) in [6, 6.07) is 2.65. The van der Waals surface area contributed by atoms with Gasteiger partial charge in [-0.05, 0) is 187 Å². The number of fused-ring (bicyclic) bond motifs is 13. The number of hydrogen-bond donors (Lipinski definition) is 0. The van der Waals surface area contributed by atoms with Crippen molar-refractivity contribution in [2.24, 2.45) is 71.0 Å². The third-order valence-electron chi connectivity index (χ3n) is 20.9. The first-order chi connectivity index (χ1) is 26.8. The van der Waals surface area contributed by atoms with Crippen molar-refractivity contribution in [3.63, 3.8) is 0 Å². The highest BCUT2D eigenvalue weighted by molar-refractivity contribution is 8.01. The van der Waals surface area contributed by atoms with Crippen LogP contribution in [0.5, 0.6) is 0 Å². The summed E-state index contributed by atoms with van der Waals surface area (Å²) in [5.74, 6) is 12.6. The van der Waals surface area contributed by atoms with Gasteiger partial charge in [-0.15, -0.1) is 0 Å². The second-order valence-electron chi connectivity index (χ2n) is 22.7. The molecular formula is C50H79NOS2. The summed E-state index contributed by atoms with van der Waals surface area (Å²) < 4.78 is 6.97. The van der Waals surface area contributed by atoms with E-state index in [-0.39, 0.29) is 0 Å². The maximum Gasteiger partial charge on any atom is 0.0621 e. The number of rotatable bonds is 4. The average molecular weight is 774 g/mol. The van der Waals surface area contributed by atoms with Crippen LogP contribution < -0.4 is 0 Å². The molecule has 9 saturated carbocycles. The number of hydrogen-bond acceptors (Lipinski definition) is 4. The van der Waals surface area contributed by atoms with Gasteiger partial charge in [0.05, 0.1) is 12.2 Å². The van der Waals surface area contributed by atoms with Crippen LogP contribution in [0.3, 0.4) is 0 Å². The van der Waals surface area contributed by atoms with E-state index in [2.05, 4.69) is 28.4 Å². The number of thioether (sulfide) groups is 2.